The maximum atomic E-state index is 10.1. The molecule has 0 amide bonds. The van der Waals surface area contributed by atoms with E-state index in [2.05, 4.69) is 90.4 Å². The fourth-order valence-corrected chi connectivity index (χ4v) is 4.72. The second-order valence-corrected chi connectivity index (χ2v) is 8.53. The molecule has 0 aromatic heterocycles. The minimum Gasteiger partial charge on any atom is -0.508 e. The zero-order chi connectivity index (χ0) is 20.9. The van der Waals surface area contributed by atoms with Crippen LogP contribution in [0.15, 0.2) is 84.9 Å². The Hall–Kier alpha value is -2.62. The molecule has 4 rings (SSSR count). The van der Waals surface area contributed by atoms with Gasteiger partial charge >= 0.3 is 0 Å². The van der Waals surface area contributed by atoms with Crippen molar-refractivity contribution in [2.75, 3.05) is 19.6 Å². The van der Waals surface area contributed by atoms with E-state index in [0.29, 0.717) is 17.8 Å². The largest absolute Gasteiger partial charge is 0.508 e. The van der Waals surface area contributed by atoms with Gasteiger partial charge < -0.3 is 5.11 Å². The van der Waals surface area contributed by atoms with E-state index in [0.717, 1.165) is 31.6 Å². The highest BCUT2D eigenvalue weighted by Crippen LogP contribution is 2.34. The van der Waals surface area contributed by atoms with Crippen LogP contribution in [0.25, 0.3) is 0 Å². The van der Waals surface area contributed by atoms with Gasteiger partial charge in [0.2, 0.25) is 0 Å². The molecule has 1 fully saturated rings. The number of aromatic hydroxyl groups is 1. The van der Waals surface area contributed by atoms with E-state index in [1.54, 1.807) is 6.07 Å². The zero-order valence-corrected chi connectivity index (χ0v) is 18.0. The monoisotopic (exact) mass is 400 g/mol. The summed E-state index contributed by atoms with van der Waals surface area (Å²) in [7, 11) is 0. The van der Waals surface area contributed by atoms with Crippen molar-refractivity contribution in [2.24, 2.45) is 0 Å². The molecular weight excluding hydrogens is 368 g/mol. The van der Waals surface area contributed by atoms with Crippen molar-refractivity contribution < 1.29 is 5.11 Å². The minimum absolute atomic E-state index is 0.145. The maximum Gasteiger partial charge on any atom is 0.115 e. The summed E-state index contributed by atoms with van der Waals surface area (Å²) in [6, 6.07) is 30.2. The van der Waals surface area contributed by atoms with Gasteiger partial charge in [0.05, 0.1) is 6.04 Å². The van der Waals surface area contributed by atoms with Gasteiger partial charge in [-0.15, -0.1) is 0 Å². The lowest BCUT2D eigenvalue weighted by atomic mass is 9.93. The van der Waals surface area contributed by atoms with E-state index in [9.17, 15) is 5.11 Å². The Kier molecular flexibility index (Phi) is 6.51. The Morgan fingerprint density at radius 2 is 1.47 bits per heavy atom. The number of phenols is 1. The molecule has 1 saturated heterocycles. The first-order valence-corrected chi connectivity index (χ1v) is 11.0. The van der Waals surface area contributed by atoms with Crippen molar-refractivity contribution in [1.82, 2.24) is 9.80 Å². The lowest BCUT2D eigenvalue weighted by molar-refractivity contribution is 0.0247. The van der Waals surface area contributed by atoms with Crippen molar-refractivity contribution in [2.45, 2.75) is 38.4 Å². The highest BCUT2D eigenvalue weighted by molar-refractivity contribution is 5.36. The van der Waals surface area contributed by atoms with Crippen LogP contribution >= 0.6 is 0 Å². The summed E-state index contributed by atoms with van der Waals surface area (Å²) >= 11 is 0. The molecule has 3 heteroatoms. The fourth-order valence-electron chi connectivity index (χ4n) is 4.72. The van der Waals surface area contributed by atoms with Crippen molar-refractivity contribution in [3.05, 3.63) is 102 Å². The van der Waals surface area contributed by atoms with Crippen LogP contribution in [0.4, 0.5) is 0 Å². The van der Waals surface area contributed by atoms with E-state index in [1.807, 2.05) is 12.1 Å². The van der Waals surface area contributed by atoms with Crippen LogP contribution < -0.4 is 0 Å². The third-order valence-electron chi connectivity index (χ3n) is 6.33. The molecule has 3 aromatic carbocycles. The summed E-state index contributed by atoms with van der Waals surface area (Å²) in [6.45, 7) is 7.82. The second kappa shape index (κ2) is 9.46. The Morgan fingerprint density at radius 1 is 0.800 bits per heavy atom. The van der Waals surface area contributed by atoms with Crippen molar-refractivity contribution in [3.8, 4) is 5.75 Å². The average molecular weight is 401 g/mol. The summed E-state index contributed by atoms with van der Waals surface area (Å²) < 4.78 is 0. The number of hydrogen-bond donors (Lipinski definition) is 1. The normalized spacial score (nSPS) is 21.4. The zero-order valence-electron chi connectivity index (χ0n) is 18.0. The van der Waals surface area contributed by atoms with Gasteiger partial charge in [-0.05, 0) is 49.1 Å². The predicted molar refractivity (Wildman–Crippen MR) is 124 cm³/mol. The van der Waals surface area contributed by atoms with Crippen LogP contribution in [0, 0.1) is 0 Å². The highest BCUT2D eigenvalue weighted by atomic mass is 16.3. The minimum atomic E-state index is 0.145. The van der Waals surface area contributed by atoms with Gasteiger partial charge in [0.15, 0.2) is 0 Å². The molecule has 3 nitrogen and oxygen atoms in total. The molecule has 3 atom stereocenters. The molecule has 0 spiro atoms. The number of piperazine rings is 1. The lowest BCUT2D eigenvalue weighted by Gasteiger charge is -2.47. The van der Waals surface area contributed by atoms with Crippen molar-refractivity contribution >= 4 is 0 Å². The van der Waals surface area contributed by atoms with Gasteiger partial charge in [0, 0.05) is 31.7 Å². The second-order valence-electron chi connectivity index (χ2n) is 8.53. The average Bonchev–Trinajstić information content (AvgIpc) is 2.77. The van der Waals surface area contributed by atoms with E-state index in [-0.39, 0.29) is 6.04 Å². The third-order valence-corrected chi connectivity index (χ3v) is 6.33. The van der Waals surface area contributed by atoms with Crippen LogP contribution in [0.5, 0.6) is 5.75 Å². The van der Waals surface area contributed by atoms with Gasteiger partial charge in [-0.1, -0.05) is 72.8 Å². The van der Waals surface area contributed by atoms with Crippen LogP contribution in [0.3, 0.4) is 0 Å². The molecule has 1 N–H and O–H groups in total. The van der Waals surface area contributed by atoms with Gasteiger partial charge in [0.1, 0.15) is 5.75 Å². The molecule has 3 unspecified atom stereocenters. The Labute approximate surface area is 180 Å². The molecule has 0 aliphatic carbocycles. The number of hydrogen-bond acceptors (Lipinski definition) is 3. The first-order valence-electron chi connectivity index (χ1n) is 11.0. The van der Waals surface area contributed by atoms with Crippen molar-refractivity contribution in [1.29, 1.82) is 0 Å². The van der Waals surface area contributed by atoms with Gasteiger partial charge in [-0.3, -0.25) is 9.80 Å². The lowest BCUT2D eigenvalue weighted by Crippen LogP contribution is -2.57. The third kappa shape index (κ3) is 4.75. The number of nitrogens with zero attached hydrogens (tertiary/aromatic N) is 2. The summed E-state index contributed by atoms with van der Waals surface area (Å²) in [5, 5.41) is 10.1. The molecule has 1 aliphatic rings. The number of phenolic OH excluding ortho intramolecular Hbond substituents is 1. The van der Waals surface area contributed by atoms with Crippen LogP contribution in [-0.2, 0) is 6.42 Å². The maximum absolute atomic E-state index is 10.1. The van der Waals surface area contributed by atoms with E-state index in [1.165, 1.54) is 11.1 Å². The quantitative estimate of drug-likeness (QED) is 0.622. The van der Waals surface area contributed by atoms with Crippen LogP contribution in [-0.4, -0.2) is 46.6 Å². The predicted octanol–water partition coefficient (Wildman–Crippen LogP) is 5.12. The fraction of sp³-hybridized carbons (Fsp3) is 0.333. The van der Waals surface area contributed by atoms with Crippen LogP contribution in [0.2, 0.25) is 0 Å². The highest BCUT2D eigenvalue weighted by Gasteiger charge is 2.34. The molecule has 0 bridgehead atoms. The first-order chi connectivity index (χ1) is 14.6. The summed E-state index contributed by atoms with van der Waals surface area (Å²) in [6.07, 6.45) is 1.09. The summed E-state index contributed by atoms with van der Waals surface area (Å²) in [5.41, 5.74) is 3.83. The Morgan fingerprint density at radius 3 is 2.17 bits per heavy atom. The molecule has 30 heavy (non-hydrogen) atoms. The molecule has 1 heterocycles. The standard InChI is InChI=1S/C27H32N2O/c1-21-20-29(22(2)19-28(21)17-16-23-10-5-3-6-11-23)27(24-12-7-4-8-13-24)25-14-9-15-26(30)18-25/h3-15,18,21-22,27,30H,16-17,19-20H2,1-2H3. The van der Waals surface area contributed by atoms with Crippen LogP contribution in [0.1, 0.15) is 36.6 Å². The van der Waals surface area contributed by atoms with Gasteiger partial charge in [-0.2, -0.15) is 0 Å². The number of rotatable bonds is 6. The molecule has 3 aromatic rings. The van der Waals surface area contributed by atoms with Gasteiger partial charge in [-0.25, -0.2) is 0 Å². The summed E-state index contributed by atoms with van der Waals surface area (Å²) in [4.78, 5) is 5.23. The molecule has 156 valence electrons. The number of benzene rings is 3. The molecule has 0 radical (unpaired) electrons. The Bertz CT molecular complexity index is 928. The van der Waals surface area contributed by atoms with E-state index < -0.39 is 0 Å². The first kappa shape index (κ1) is 20.6. The molecule has 1 aliphatic heterocycles. The van der Waals surface area contributed by atoms with Crippen molar-refractivity contribution in [3.63, 3.8) is 0 Å². The molecular formula is C27H32N2O. The smallest absolute Gasteiger partial charge is 0.115 e. The SMILES string of the molecule is CC1CN(C(c2ccccc2)c2cccc(O)c2)C(C)CN1CCc1ccccc1. The Balaban J connectivity index is 1.54. The topological polar surface area (TPSA) is 26.7 Å². The van der Waals surface area contributed by atoms with Gasteiger partial charge in [0.25, 0.3) is 0 Å². The van der Waals surface area contributed by atoms with E-state index in [4.69, 9.17) is 0 Å². The molecule has 0 saturated carbocycles. The summed E-state index contributed by atoms with van der Waals surface area (Å²) in [5.74, 6) is 0.329. The van der Waals surface area contributed by atoms with E-state index >= 15 is 0 Å².